The van der Waals surface area contributed by atoms with E-state index >= 15 is 0 Å². The molecule has 1 aromatic rings. The van der Waals surface area contributed by atoms with Crippen molar-refractivity contribution in [2.75, 3.05) is 38.0 Å². The van der Waals surface area contributed by atoms with Gasteiger partial charge in [-0.1, -0.05) is 19.3 Å². The van der Waals surface area contributed by atoms with Gasteiger partial charge >= 0.3 is 0 Å². The molecule has 1 N–H and O–H groups in total. The van der Waals surface area contributed by atoms with E-state index in [0.717, 1.165) is 32.0 Å². The van der Waals surface area contributed by atoms with Crippen molar-refractivity contribution in [1.82, 2.24) is 19.6 Å². The first kappa shape index (κ1) is 20.4. The molecule has 7 heteroatoms. The molecule has 160 valence electrons. The molecule has 1 saturated heterocycles. The van der Waals surface area contributed by atoms with Crippen LogP contribution < -0.4 is 5.32 Å². The van der Waals surface area contributed by atoms with Gasteiger partial charge in [0.25, 0.3) is 0 Å². The van der Waals surface area contributed by atoms with Gasteiger partial charge in [0.1, 0.15) is 5.82 Å². The van der Waals surface area contributed by atoms with Crippen LogP contribution in [0.15, 0.2) is 12.3 Å². The third kappa shape index (κ3) is 5.38. The summed E-state index contributed by atoms with van der Waals surface area (Å²) in [6, 6.07) is 2.21. The lowest BCUT2D eigenvalue weighted by Crippen LogP contribution is -2.50. The number of nitrogens with zero attached hydrogens (tertiary/aromatic N) is 4. The lowest BCUT2D eigenvalue weighted by Gasteiger charge is -2.35. The predicted molar refractivity (Wildman–Crippen MR) is 113 cm³/mol. The topological polar surface area (TPSA) is 70.5 Å². The first-order chi connectivity index (χ1) is 14.1. The summed E-state index contributed by atoms with van der Waals surface area (Å²) < 4.78 is 1.94. The van der Waals surface area contributed by atoms with E-state index in [1.54, 1.807) is 6.20 Å². The highest BCUT2D eigenvalue weighted by Gasteiger charge is 2.31. The van der Waals surface area contributed by atoms with Gasteiger partial charge in [0.15, 0.2) is 0 Å². The Morgan fingerprint density at radius 3 is 2.52 bits per heavy atom. The summed E-state index contributed by atoms with van der Waals surface area (Å²) in [5.41, 5.74) is 0. The Bertz CT molecular complexity index is 700. The summed E-state index contributed by atoms with van der Waals surface area (Å²) in [6.45, 7) is 5.53. The summed E-state index contributed by atoms with van der Waals surface area (Å²) in [7, 11) is 0. The lowest BCUT2D eigenvalue weighted by atomic mass is 9.86. The van der Waals surface area contributed by atoms with E-state index in [2.05, 4.69) is 22.2 Å². The standard InChI is InChI=1S/C22H35N5O2/c1-17(19-7-8-19)27-20(9-10-23-27)24-21(28)16-25-11-13-26(14-12-25)22(29)15-18-5-3-2-4-6-18/h9-10,17-19H,2-8,11-16H2,1H3,(H,24,28). The van der Waals surface area contributed by atoms with Crippen LogP contribution in [-0.4, -0.2) is 64.1 Å². The fourth-order valence-electron chi connectivity index (χ4n) is 4.82. The number of anilines is 1. The van der Waals surface area contributed by atoms with E-state index in [1.165, 1.54) is 44.9 Å². The van der Waals surface area contributed by atoms with Crippen molar-refractivity contribution in [3.8, 4) is 0 Å². The fraction of sp³-hybridized carbons (Fsp3) is 0.773. The first-order valence-corrected chi connectivity index (χ1v) is 11.4. The molecule has 2 aliphatic carbocycles. The van der Waals surface area contributed by atoms with Crippen molar-refractivity contribution in [3.05, 3.63) is 12.3 Å². The normalized spacial score (nSPS) is 22.4. The smallest absolute Gasteiger partial charge is 0.239 e. The number of amides is 2. The molecule has 0 radical (unpaired) electrons. The molecule has 0 aromatic carbocycles. The maximum absolute atomic E-state index is 12.6. The second-order valence-electron chi connectivity index (χ2n) is 9.15. The van der Waals surface area contributed by atoms with Gasteiger partial charge in [-0.3, -0.25) is 14.5 Å². The first-order valence-electron chi connectivity index (χ1n) is 11.4. The van der Waals surface area contributed by atoms with Crippen LogP contribution in [0.4, 0.5) is 5.82 Å². The lowest BCUT2D eigenvalue weighted by molar-refractivity contribution is -0.134. The van der Waals surface area contributed by atoms with Crippen LogP contribution in [0, 0.1) is 11.8 Å². The molecule has 29 heavy (non-hydrogen) atoms. The van der Waals surface area contributed by atoms with Crippen LogP contribution >= 0.6 is 0 Å². The van der Waals surface area contributed by atoms with Crippen molar-refractivity contribution in [2.45, 2.75) is 64.3 Å². The number of hydrogen-bond donors (Lipinski definition) is 1. The van der Waals surface area contributed by atoms with Gasteiger partial charge in [-0.25, -0.2) is 4.68 Å². The molecule has 2 amide bonds. The average Bonchev–Trinajstić information content (AvgIpc) is 3.48. The average molecular weight is 402 g/mol. The molecule has 1 atom stereocenters. The summed E-state index contributed by atoms with van der Waals surface area (Å²) in [4.78, 5) is 29.3. The zero-order chi connectivity index (χ0) is 20.2. The van der Waals surface area contributed by atoms with Gasteiger partial charge in [-0.05, 0) is 44.4 Å². The Hall–Kier alpha value is -1.89. The molecular weight excluding hydrogens is 366 g/mol. The summed E-state index contributed by atoms with van der Waals surface area (Å²) in [6.07, 6.45) is 11.3. The molecule has 1 unspecified atom stereocenters. The number of hydrogen-bond acceptors (Lipinski definition) is 4. The summed E-state index contributed by atoms with van der Waals surface area (Å²) in [5.74, 6) is 2.36. The largest absolute Gasteiger partial charge is 0.340 e. The van der Waals surface area contributed by atoms with E-state index in [4.69, 9.17) is 0 Å². The molecule has 2 heterocycles. The highest BCUT2D eigenvalue weighted by atomic mass is 16.2. The van der Waals surface area contributed by atoms with E-state index in [1.807, 2.05) is 15.6 Å². The van der Waals surface area contributed by atoms with E-state index in [0.29, 0.717) is 36.8 Å². The quantitative estimate of drug-likeness (QED) is 0.763. The number of carbonyl (C=O) groups is 2. The maximum atomic E-state index is 12.6. The van der Waals surface area contributed by atoms with Crippen LogP contribution in [0.25, 0.3) is 0 Å². The Labute approximate surface area is 173 Å². The van der Waals surface area contributed by atoms with Crippen molar-refractivity contribution < 1.29 is 9.59 Å². The van der Waals surface area contributed by atoms with Crippen molar-refractivity contribution in [3.63, 3.8) is 0 Å². The summed E-state index contributed by atoms with van der Waals surface area (Å²) in [5, 5.41) is 7.43. The highest BCUT2D eigenvalue weighted by molar-refractivity contribution is 5.91. The number of carbonyl (C=O) groups excluding carboxylic acids is 2. The van der Waals surface area contributed by atoms with Crippen molar-refractivity contribution in [2.24, 2.45) is 11.8 Å². The zero-order valence-electron chi connectivity index (χ0n) is 17.7. The number of rotatable bonds is 7. The van der Waals surface area contributed by atoms with Crippen LogP contribution in [0.2, 0.25) is 0 Å². The molecule has 3 fully saturated rings. The third-order valence-corrected chi connectivity index (χ3v) is 6.91. The minimum absolute atomic E-state index is 0.00303. The van der Waals surface area contributed by atoms with Crippen molar-refractivity contribution in [1.29, 1.82) is 0 Å². The van der Waals surface area contributed by atoms with Crippen molar-refractivity contribution >= 4 is 17.6 Å². The van der Waals surface area contributed by atoms with E-state index in [9.17, 15) is 9.59 Å². The minimum Gasteiger partial charge on any atom is -0.340 e. The molecule has 1 aliphatic heterocycles. The van der Waals surface area contributed by atoms with Crippen LogP contribution in [-0.2, 0) is 9.59 Å². The molecule has 1 aromatic heterocycles. The van der Waals surface area contributed by atoms with Crippen LogP contribution in [0.5, 0.6) is 0 Å². The van der Waals surface area contributed by atoms with E-state index in [-0.39, 0.29) is 5.91 Å². The second kappa shape index (κ2) is 9.28. The van der Waals surface area contributed by atoms with Gasteiger partial charge in [-0.15, -0.1) is 0 Å². The van der Waals surface area contributed by atoms with Gasteiger partial charge in [0, 0.05) is 38.7 Å². The van der Waals surface area contributed by atoms with E-state index < -0.39 is 0 Å². The molecule has 7 nitrogen and oxygen atoms in total. The van der Waals surface area contributed by atoms with Gasteiger partial charge in [0.2, 0.25) is 11.8 Å². The van der Waals surface area contributed by atoms with Gasteiger partial charge < -0.3 is 10.2 Å². The Morgan fingerprint density at radius 2 is 1.83 bits per heavy atom. The second-order valence-corrected chi connectivity index (χ2v) is 9.15. The Balaban J connectivity index is 1.20. The van der Waals surface area contributed by atoms with Gasteiger partial charge in [-0.2, -0.15) is 5.10 Å². The van der Waals surface area contributed by atoms with Crippen LogP contribution in [0.3, 0.4) is 0 Å². The number of aromatic nitrogens is 2. The number of piperazine rings is 1. The molecule has 0 bridgehead atoms. The maximum Gasteiger partial charge on any atom is 0.239 e. The molecule has 2 saturated carbocycles. The Kier molecular flexibility index (Phi) is 6.53. The van der Waals surface area contributed by atoms with Crippen LogP contribution in [0.1, 0.15) is 64.3 Å². The van der Waals surface area contributed by atoms with Gasteiger partial charge in [0.05, 0.1) is 18.8 Å². The highest BCUT2D eigenvalue weighted by Crippen LogP contribution is 2.40. The SMILES string of the molecule is CC(C1CC1)n1nccc1NC(=O)CN1CCN(C(=O)CC2CCCCC2)CC1. The molecular formula is C22H35N5O2. The molecule has 0 spiro atoms. The predicted octanol–water partition coefficient (Wildman–Crippen LogP) is 2.91. The molecule has 4 rings (SSSR count). The number of nitrogens with one attached hydrogen (secondary N) is 1. The summed E-state index contributed by atoms with van der Waals surface area (Å²) >= 11 is 0. The third-order valence-electron chi connectivity index (χ3n) is 6.91. The Morgan fingerprint density at radius 1 is 1.10 bits per heavy atom. The zero-order valence-corrected chi connectivity index (χ0v) is 17.7. The minimum atomic E-state index is -0.00303. The molecule has 3 aliphatic rings. The fourth-order valence-corrected chi connectivity index (χ4v) is 4.82. The monoisotopic (exact) mass is 401 g/mol.